The van der Waals surface area contributed by atoms with Gasteiger partial charge < -0.3 is 8.97 Å². The Bertz CT molecular complexity index is 1490. The molecular weight excluding hydrogens is 653 g/mol. The van der Waals surface area contributed by atoms with Crippen molar-refractivity contribution in [2.24, 2.45) is 0 Å². The van der Waals surface area contributed by atoms with E-state index in [1.165, 1.54) is 184 Å². The van der Waals surface area contributed by atoms with Crippen LogP contribution in [0.5, 0.6) is 0 Å². The predicted molar refractivity (Wildman–Crippen MR) is 233 cm³/mol. The van der Waals surface area contributed by atoms with Gasteiger partial charge in [-0.05, 0) is 59.1 Å². The smallest absolute Gasteiger partial charge is 0.0822 e. The van der Waals surface area contributed by atoms with Gasteiger partial charge in [0.25, 0.3) is 0 Å². The maximum atomic E-state index is 2.51. The van der Waals surface area contributed by atoms with E-state index in [-0.39, 0.29) is 0 Å². The summed E-state index contributed by atoms with van der Waals surface area (Å²) in [7, 11) is 5.03. The average Bonchev–Trinajstić information content (AvgIpc) is 3.21. The van der Waals surface area contributed by atoms with Crippen LogP contribution >= 0.6 is 0 Å². The van der Waals surface area contributed by atoms with Gasteiger partial charge in [-0.25, -0.2) is 0 Å². The van der Waals surface area contributed by atoms with Crippen LogP contribution in [-0.2, 0) is 0 Å². The molecule has 2 aliphatic heterocycles. The maximum absolute atomic E-state index is 2.51. The second-order valence-electron chi connectivity index (χ2n) is 17.2. The highest BCUT2D eigenvalue weighted by Crippen LogP contribution is 2.35. The number of rotatable bonds is 19. The molecule has 0 unspecified atom stereocenters. The van der Waals surface area contributed by atoms with E-state index in [2.05, 4.69) is 135 Å². The molecule has 2 heteroatoms. The van der Waals surface area contributed by atoms with Crippen LogP contribution in [-0.4, -0.2) is 62.3 Å². The van der Waals surface area contributed by atoms with Gasteiger partial charge in [-0.2, -0.15) is 0 Å². The van der Waals surface area contributed by atoms with E-state index < -0.39 is 0 Å². The number of nitrogens with zero attached hydrogens (tertiary/aromatic N) is 2. The van der Waals surface area contributed by atoms with Crippen molar-refractivity contribution in [2.75, 3.05) is 53.4 Å². The summed E-state index contributed by atoms with van der Waals surface area (Å²) in [5.74, 6) is 0. The van der Waals surface area contributed by atoms with Crippen molar-refractivity contribution in [3.63, 3.8) is 0 Å². The number of likely N-dealkylation sites (tertiary alicyclic amines) is 2. The molecule has 0 aromatic heterocycles. The Morgan fingerprint density at radius 2 is 0.556 bits per heavy atom. The third-order valence-corrected chi connectivity index (χ3v) is 12.9. The van der Waals surface area contributed by atoms with Gasteiger partial charge in [0, 0.05) is 25.7 Å². The fourth-order valence-electron chi connectivity index (χ4n) is 9.36. The van der Waals surface area contributed by atoms with Gasteiger partial charge in [0.2, 0.25) is 0 Å². The van der Waals surface area contributed by atoms with Crippen LogP contribution in [0.15, 0.2) is 132 Å². The highest BCUT2D eigenvalue weighted by molar-refractivity contribution is 5.83. The van der Waals surface area contributed by atoms with Crippen molar-refractivity contribution >= 4 is 11.1 Å². The lowest BCUT2D eigenvalue weighted by molar-refractivity contribution is -0.912. The molecule has 2 saturated heterocycles. The molecule has 2 fully saturated rings. The zero-order chi connectivity index (χ0) is 37.3. The summed E-state index contributed by atoms with van der Waals surface area (Å²) in [5, 5.41) is 0. The van der Waals surface area contributed by atoms with Gasteiger partial charge >= 0.3 is 0 Å². The van der Waals surface area contributed by atoms with Crippen LogP contribution in [0.3, 0.4) is 0 Å². The number of hydrogen-bond acceptors (Lipinski definition) is 0. The number of quaternary nitrogens is 2. The summed E-state index contributed by atoms with van der Waals surface area (Å²) in [6, 6.07) is 44.3. The Labute approximate surface area is 329 Å². The Morgan fingerprint density at radius 3 is 0.796 bits per heavy atom. The van der Waals surface area contributed by atoms with Crippen LogP contribution in [0.2, 0.25) is 0 Å². The minimum Gasteiger partial charge on any atom is -0.326 e. The molecule has 0 bridgehead atoms. The Hall–Kier alpha value is -3.72. The molecule has 0 amide bonds. The van der Waals surface area contributed by atoms with Crippen molar-refractivity contribution in [1.82, 2.24) is 0 Å². The zero-order valence-electron chi connectivity index (χ0n) is 34.0. The average molecular weight is 723 g/mol. The molecule has 286 valence electrons. The minimum absolute atomic E-state index is 1.22. The third kappa shape index (κ3) is 11.9. The number of benzene rings is 4. The molecule has 0 N–H and O–H groups in total. The van der Waals surface area contributed by atoms with Crippen LogP contribution in [0.25, 0.3) is 11.1 Å². The predicted octanol–water partition coefficient (Wildman–Crippen LogP) is 13.2. The highest BCUT2D eigenvalue weighted by Gasteiger charge is 2.30. The molecular formula is C52H70N2+2. The quantitative estimate of drug-likeness (QED) is 0.0668. The van der Waals surface area contributed by atoms with Crippen LogP contribution in [0, 0.1) is 0 Å². The molecule has 4 aromatic rings. The van der Waals surface area contributed by atoms with Gasteiger partial charge in [-0.3, -0.25) is 0 Å². The minimum atomic E-state index is 1.22. The summed E-state index contributed by atoms with van der Waals surface area (Å²) < 4.78 is 2.50. The van der Waals surface area contributed by atoms with Crippen LogP contribution < -0.4 is 0 Å². The number of hydrogen-bond donors (Lipinski definition) is 0. The van der Waals surface area contributed by atoms with Gasteiger partial charge in [-0.1, -0.05) is 184 Å². The van der Waals surface area contributed by atoms with Crippen molar-refractivity contribution in [2.45, 2.75) is 103 Å². The largest absolute Gasteiger partial charge is 0.326 e. The zero-order valence-corrected chi connectivity index (χ0v) is 34.0. The van der Waals surface area contributed by atoms with Gasteiger partial charge in [-0.15, -0.1) is 0 Å². The lowest BCUT2D eigenvalue weighted by Crippen LogP contribution is -2.49. The number of unbranched alkanes of at least 4 members (excludes halogenated alkanes) is 11. The molecule has 54 heavy (non-hydrogen) atoms. The SMILES string of the molecule is C[N+]1(CCCCCCCCCCCCCC[N+]2(C)CCC(=C(c3ccccc3)c3ccccc3)CC2)CCC(=C(c2ccccc2)c2ccccc2)CC1. The first-order valence-corrected chi connectivity index (χ1v) is 21.8. The fourth-order valence-corrected chi connectivity index (χ4v) is 9.36. The summed E-state index contributed by atoms with van der Waals surface area (Å²) in [6.45, 7) is 7.81. The summed E-state index contributed by atoms with van der Waals surface area (Å²) >= 11 is 0. The van der Waals surface area contributed by atoms with Crippen LogP contribution in [0.4, 0.5) is 0 Å². The molecule has 0 saturated carbocycles. The first-order chi connectivity index (χ1) is 26.5. The summed E-state index contributed by atoms with van der Waals surface area (Å²) in [4.78, 5) is 0. The first kappa shape index (κ1) is 40.0. The molecule has 2 nitrogen and oxygen atoms in total. The molecule has 0 aliphatic carbocycles. The van der Waals surface area contributed by atoms with Gasteiger partial charge in [0.15, 0.2) is 0 Å². The third-order valence-electron chi connectivity index (χ3n) is 12.9. The highest BCUT2D eigenvalue weighted by atomic mass is 15.3. The second-order valence-corrected chi connectivity index (χ2v) is 17.2. The van der Waals surface area contributed by atoms with Crippen molar-refractivity contribution in [3.05, 3.63) is 155 Å². The number of piperidine rings is 2. The van der Waals surface area contributed by atoms with E-state index in [1.54, 1.807) is 11.1 Å². The maximum Gasteiger partial charge on any atom is 0.0822 e. The molecule has 2 aliphatic rings. The second kappa shape index (κ2) is 20.8. The lowest BCUT2D eigenvalue weighted by atomic mass is 9.88. The van der Waals surface area contributed by atoms with Gasteiger partial charge in [0.05, 0.1) is 53.4 Å². The normalized spacial score (nSPS) is 20.2. The van der Waals surface area contributed by atoms with Crippen LogP contribution in [0.1, 0.15) is 125 Å². The molecule has 4 aromatic carbocycles. The molecule has 0 spiro atoms. The fraction of sp³-hybridized carbons (Fsp3) is 0.462. The Morgan fingerprint density at radius 1 is 0.333 bits per heavy atom. The standard InChI is InChI=1S/C52H70N2/c1-53(41-35-49(36-42-53)51(45-27-17-13-18-28-45)46-29-19-14-20-30-46)39-25-11-9-7-5-3-4-6-8-10-12-26-40-54(2)43-37-50(38-44-54)52(47-31-21-15-22-32-47)48-33-23-16-24-34-48/h13-24,27-34H,3-12,25-26,35-44H2,1-2H3/q+2. The monoisotopic (exact) mass is 723 g/mol. The van der Waals surface area contributed by atoms with Crippen molar-refractivity contribution < 1.29 is 8.97 Å². The van der Waals surface area contributed by atoms with Gasteiger partial charge in [0.1, 0.15) is 0 Å². The Kier molecular flexibility index (Phi) is 15.4. The van der Waals surface area contributed by atoms with E-state index >= 15 is 0 Å². The van der Waals surface area contributed by atoms with Crippen molar-refractivity contribution in [1.29, 1.82) is 0 Å². The Balaban J connectivity index is 0.792. The van der Waals surface area contributed by atoms with E-state index in [9.17, 15) is 0 Å². The first-order valence-electron chi connectivity index (χ1n) is 21.8. The lowest BCUT2D eigenvalue weighted by Gasteiger charge is -2.39. The van der Waals surface area contributed by atoms with E-state index in [0.29, 0.717) is 0 Å². The van der Waals surface area contributed by atoms with E-state index in [0.717, 1.165) is 0 Å². The molecule has 0 radical (unpaired) electrons. The topological polar surface area (TPSA) is 0 Å². The summed E-state index contributed by atoms with van der Waals surface area (Å²) in [5.41, 5.74) is 11.8. The van der Waals surface area contributed by atoms with Crippen molar-refractivity contribution in [3.8, 4) is 0 Å². The molecule has 6 rings (SSSR count). The molecule has 2 heterocycles. The summed E-state index contributed by atoms with van der Waals surface area (Å²) in [6.07, 6.45) is 21.9. The van der Waals surface area contributed by atoms with E-state index in [1.807, 2.05) is 0 Å². The van der Waals surface area contributed by atoms with E-state index in [4.69, 9.17) is 0 Å². The molecule has 0 atom stereocenters.